The first-order valence-corrected chi connectivity index (χ1v) is 36.3. The van der Waals surface area contributed by atoms with Gasteiger partial charge in [-0.2, -0.15) is 0 Å². The zero-order chi connectivity index (χ0) is 69.2. The van der Waals surface area contributed by atoms with E-state index in [9.17, 15) is 99.6 Å². The molecule has 0 fully saturated rings. The molecule has 0 aliphatic rings. The molecule has 3 rings (SSSR count). The molecule has 3 aromatic rings. The summed E-state index contributed by atoms with van der Waals surface area (Å²) in [5, 5.41) is 131. The number of aliphatic hydroxyl groups is 12. The van der Waals surface area contributed by atoms with E-state index >= 15 is 4.79 Å². The highest BCUT2D eigenvalue weighted by Gasteiger charge is 2.36. The number of hydrogen-bond acceptors (Lipinski definition) is 21. The molecule has 3 aromatic carbocycles. The molecule has 91 heavy (non-hydrogen) atoms. The molecule has 6 atom stereocenters. The predicted octanol–water partition coefficient (Wildman–Crippen LogP) is -0.249. The Morgan fingerprint density at radius 3 is 0.890 bits per heavy atom. The van der Waals surface area contributed by atoms with E-state index in [-0.39, 0.29) is 148 Å². The van der Waals surface area contributed by atoms with Gasteiger partial charge in [-0.3, -0.25) is 43.2 Å². The van der Waals surface area contributed by atoms with Crippen LogP contribution in [0.2, 0.25) is 0 Å². The summed E-state index contributed by atoms with van der Waals surface area (Å²) in [4.78, 5) is 130. The molecule has 0 saturated carbocycles. The molecule has 0 saturated heterocycles. The minimum atomic E-state index is -1.94. The summed E-state index contributed by atoms with van der Waals surface area (Å²) in [6, 6.07) is 0. The lowest BCUT2D eigenvalue weighted by Gasteiger charge is -2.28. The predicted molar refractivity (Wildman–Crippen MR) is 404 cm³/mol. The SMILES string of the molecule is CN(CC(O)CO)C(=O)c1c(I)c(NC(=O)C(O)CO)c(I)c(C(=O)NCCCCN(CCCNC(=O)c2c(I)c(NC(=O)C(O)CO)c(I)c(C(=O)N(C)CC(O)CO)c2I)C(=O)c2c(I)c(NC(=O)C(O)CO)c(I)c(C(=O)N(C)CC(O)CO)c2I)c1I. The first-order chi connectivity index (χ1) is 42.6. The summed E-state index contributed by atoms with van der Waals surface area (Å²) < 4.78 is 0.932. The van der Waals surface area contributed by atoms with Gasteiger partial charge in [-0.1, -0.05) is 0 Å². The topological polar surface area (TPSA) is 470 Å². The molecule has 17 N–H and O–H groups in total. The van der Waals surface area contributed by atoms with Crippen LogP contribution < -0.4 is 26.6 Å². The minimum Gasteiger partial charge on any atom is -0.394 e. The van der Waals surface area contributed by atoms with Gasteiger partial charge in [0.05, 0.1) is 130 Å². The largest absolute Gasteiger partial charge is 0.394 e. The van der Waals surface area contributed by atoms with Crippen LogP contribution in [0.4, 0.5) is 17.1 Å². The van der Waals surface area contributed by atoms with Crippen molar-refractivity contribution in [2.24, 2.45) is 0 Å². The molecule has 6 unspecified atom stereocenters. The lowest BCUT2D eigenvalue weighted by Crippen LogP contribution is -2.39. The summed E-state index contributed by atoms with van der Waals surface area (Å²) in [5.74, 6) is -7.71. The molecular formula is C52H64I9N9O21. The van der Waals surface area contributed by atoms with Gasteiger partial charge in [0.1, 0.15) is 0 Å². The molecule has 0 heterocycles. The summed E-state index contributed by atoms with van der Waals surface area (Å²) in [5.41, 5.74) is -0.910. The Kier molecular flexibility index (Phi) is 37.1. The van der Waals surface area contributed by atoms with E-state index in [0.717, 1.165) is 14.7 Å². The Hall–Kier alpha value is -1.02. The molecule has 0 radical (unpaired) electrons. The second-order valence-corrected chi connectivity index (χ2v) is 29.4. The molecule has 9 amide bonds. The molecule has 0 aliphatic carbocycles. The second-order valence-electron chi connectivity index (χ2n) is 19.7. The van der Waals surface area contributed by atoms with Crippen LogP contribution in [0.1, 0.15) is 81.4 Å². The monoisotopic (exact) mass is 2290 g/mol. The fourth-order valence-electron chi connectivity index (χ4n) is 8.03. The van der Waals surface area contributed by atoms with Gasteiger partial charge in [0.25, 0.3) is 53.2 Å². The first kappa shape index (κ1) is 84.2. The number of anilines is 3. The van der Waals surface area contributed by atoms with E-state index in [0.29, 0.717) is 0 Å². The van der Waals surface area contributed by atoms with E-state index in [4.69, 9.17) is 0 Å². The van der Waals surface area contributed by atoms with E-state index in [1.54, 1.807) is 203 Å². The fourth-order valence-corrected chi connectivity index (χ4v) is 21.2. The summed E-state index contributed by atoms with van der Waals surface area (Å²) in [7, 11) is 4.00. The van der Waals surface area contributed by atoms with Gasteiger partial charge in [0.15, 0.2) is 18.3 Å². The number of halogens is 9. The van der Waals surface area contributed by atoms with Crippen LogP contribution in [-0.2, 0) is 14.4 Å². The second kappa shape index (κ2) is 40.1. The van der Waals surface area contributed by atoms with Crippen molar-refractivity contribution >= 4 is 274 Å². The lowest BCUT2D eigenvalue weighted by molar-refractivity contribution is -0.126. The van der Waals surface area contributed by atoms with E-state index < -0.39 is 129 Å². The number of rotatable bonds is 33. The van der Waals surface area contributed by atoms with Gasteiger partial charge in [-0.25, -0.2) is 0 Å². The molecule has 0 aromatic heterocycles. The zero-order valence-corrected chi connectivity index (χ0v) is 67.4. The number of likely N-dealkylation sites (N-methyl/N-ethyl adjacent to an activating group) is 3. The van der Waals surface area contributed by atoms with Crippen LogP contribution in [0.3, 0.4) is 0 Å². The molecule has 0 bridgehead atoms. The van der Waals surface area contributed by atoms with Gasteiger partial charge >= 0.3 is 0 Å². The van der Waals surface area contributed by atoms with Crippen LogP contribution in [0.5, 0.6) is 0 Å². The van der Waals surface area contributed by atoms with Crippen LogP contribution in [0, 0.1) is 32.1 Å². The van der Waals surface area contributed by atoms with Gasteiger partial charge < -0.3 is 107 Å². The number of carbonyl (C=O) groups excluding carboxylic acids is 9. The normalized spacial score (nSPS) is 13.2. The van der Waals surface area contributed by atoms with Crippen molar-refractivity contribution in [3.8, 4) is 0 Å². The van der Waals surface area contributed by atoms with Crippen molar-refractivity contribution in [1.29, 1.82) is 0 Å². The zero-order valence-electron chi connectivity index (χ0n) is 48.0. The molecule has 30 nitrogen and oxygen atoms in total. The van der Waals surface area contributed by atoms with Gasteiger partial charge in [0, 0.05) is 77.7 Å². The van der Waals surface area contributed by atoms with Crippen LogP contribution in [0.25, 0.3) is 0 Å². The Balaban J connectivity index is 2.20. The molecular weight excluding hydrogens is 2230 g/mol. The van der Waals surface area contributed by atoms with Crippen LogP contribution >= 0.6 is 203 Å². The molecule has 506 valence electrons. The van der Waals surface area contributed by atoms with E-state index in [1.807, 2.05) is 0 Å². The fraction of sp³-hybridized carbons (Fsp3) is 0.481. The highest BCUT2D eigenvalue weighted by atomic mass is 127. The maximum absolute atomic E-state index is 15.3. The van der Waals surface area contributed by atoms with Gasteiger partial charge in [-0.05, 0) is 223 Å². The van der Waals surface area contributed by atoms with Crippen LogP contribution in [0.15, 0.2) is 0 Å². The summed E-state index contributed by atoms with van der Waals surface area (Å²) in [6.07, 6.45) is -9.53. The third-order valence-corrected chi connectivity index (χ3v) is 22.6. The maximum atomic E-state index is 15.3. The standard InChI is InChI=1S/C52H64I9N9O21/c1-67(11-20(77)14-71)49(88)28-32(53)26(35(56)41(37(28)58)64-44(83)23(80)17-74)47(86)62-7-4-5-9-70(52(91)31-34(55)30(51(90)69(3)13-22(79)16-73)39(60)43(40(31)61)66-46(85)25(82)19-76)10-6-8-63-48(87)27-33(54)29(50(89)68(2)12-21(78)15-72)38(59)42(36(27)57)65-45(84)24(81)18-75/h20-25,71-82H,4-19H2,1-3H3,(H,62,86)(H,63,87)(H,64,83)(H,65,84)(H,66,85). The molecule has 0 aliphatic heterocycles. The highest BCUT2D eigenvalue weighted by Crippen LogP contribution is 2.40. The van der Waals surface area contributed by atoms with Crippen molar-refractivity contribution in [3.05, 3.63) is 65.5 Å². The minimum absolute atomic E-state index is 0.0178. The number of nitrogens with one attached hydrogen (secondary N) is 5. The number of amides is 9. The van der Waals surface area contributed by atoms with Crippen molar-refractivity contribution < 1.29 is 104 Å². The number of hydrogen-bond donors (Lipinski definition) is 17. The maximum Gasteiger partial charge on any atom is 0.256 e. The Morgan fingerprint density at radius 2 is 0.604 bits per heavy atom. The lowest BCUT2D eigenvalue weighted by atomic mass is 10.1. The number of unbranched alkanes of at least 4 members (excludes halogenated alkanes) is 1. The van der Waals surface area contributed by atoms with Crippen LogP contribution in [-0.4, -0.2) is 277 Å². The number of carbonyl (C=O) groups is 9. The third-order valence-electron chi connectivity index (χ3n) is 12.9. The van der Waals surface area contributed by atoms with Crippen molar-refractivity contribution in [3.63, 3.8) is 0 Å². The van der Waals surface area contributed by atoms with Gasteiger partial charge in [0.2, 0.25) is 0 Å². The van der Waals surface area contributed by atoms with Crippen molar-refractivity contribution in [2.45, 2.75) is 55.9 Å². The Labute approximate surface area is 643 Å². The Bertz CT molecular complexity index is 3210. The molecule has 39 heteroatoms. The number of benzene rings is 3. The van der Waals surface area contributed by atoms with E-state index in [1.165, 1.54) is 26.0 Å². The van der Waals surface area contributed by atoms with Gasteiger partial charge in [-0.15, -0.1) is 0 Å². The van der Waals surface area contributed by atoms with Crippen molar-refractivity contribution in [2.75, 3.05) is 123 Å². The van der Waals surface area contributed by atoms with E-state index in [2.05, 4.69) is 26.6 Å². The number of nitrogens with zero attached hydrogens (tertiary/aromatic N) is 4. The average Bonchev–Trinajstić information content (AvgIpc) is 0.824. The smallest absolute Gasteiger partial charge is 0.256 e. The highest BCUT2D eigenvalue weighted by molar-refractivity contribution is 14.1. The third kappa shape index (κ3) is 22.2. The number of aliphatic hydroxyl groups excluding tert-OH is 12. The van der Waals surface area contributed by atoms with Crippen molar-refractivity contribution in [1.82, 2.24) is 30.2 Å². The average molecular weight is 2290 g/mol. The quantitative estimate of drug-likeness (QED) is 0.0276. The Morgan fingerprint density at radius 1 is 0.352 bits per heavy atom. The summed E-state index contributed by atoms with van der Waals surface area (Å²) in [6.45, 7) is -6.57. The summed E-state index contributed by atoms with van der Waals surface area (Å²) >= 11 is 16.0. The first-order valence-electron chi connectivity index (χ1n) is 26.5. The molecule has 0 spiro atoms.